The molecule has 0 aliphatic heterocycles. The molecule has 4 rings (SSSR count). The highest BCUT2D eigenvalue weighted by atomic mass is 31.1. The lowest BCUT2D eigenvalue weighted by Gasteiger charge is -2.31. The molecule has 0 saturated heterocycles. The van der Waals surface area contributed by atoms with E-state index in [0.717, 1.165) is 0 Å². The van der Waals surface area contributed by atoms with Gasteiger partial charge in [-0.3, -0.25) is 0 Å². The van der Waals surface area contributed by atoms with Crippen LogP contribution in [0.15, 0.2) is 121 Å². The Bertz CT molecular complexity index is 1000. The molecule has 0 spiro atoms. The molecular weight excluding hydrogens is 458 g/mol. The molecule has 180 valence electrons. The second-order valence-electron chi connectivity index (χ2n) is 9.16. The van der Waals surface area contributed by atoms with Crippen molar-refractivity contribution in [2.45, 2.75) is 51.1 Å². The molecule has 4 aromatic rings. The zero-order chi connectivity index (χ0) is 24.1. The topological polar surface area (TPSA) is 0 Å². The Labute approximate surface area is 215 Å². The van der Waals surface area contributed by atoms with E-state index >= 15 is 0 Å². The maximum atomic E-state index is 2.37. The fourth-order valence-electron chi connectivity index (χ4n) is 4.86. The van der Waals surface area contributed by atoms with E-state index in [1.165, 1.54) is 65.9 Å². The summed E-state index contributed by atoms with van der Waals surface area (Å²) in [6, 6.07) is 45.2. The molecule has 0 bridgehead atoms. The van der Waals surface area contributed by atoms with Gasteiger partial charge in [-0.25, -0.2) is 0 Å². The summed E-state index contributed by atoms with van der Waals surface area (Å²) >= 11 is 0. The summed E-state index contributed by atoms with van der Waals surface area (Å²) in [5, 5.41) is 6.06. The maximum absolute atomic E-state index is 2.37. The average molecular weight is 497 g/mol. The molecule has 0 radical (unpaired) electrons. The van der Waals surface area contributed by atoms with E-state index in [-0.39, 0.29) is 7.92 Å². The molecule has 1 atom stereocenters. The van der Waals surface area contributed by atoms with Crippen LogP contribution < -0.4 is 21.2 Å². The molecule has 0 aliphatic rings. The number of benzene rings is 4. The van der Waals surface area contributed by atoms with Crippen molar-refractivity contribution in [3.63, 3.8) is 0 Å². The van der Waals surface area contributed by atoms with Gasteiger partial charge in [-0.05, 0) is 61.7 Å². The third-order valence-electron chi connectivity index (χ3n) is 6.65. The monoisotopic (exact) mass is 496 g/mol. The minimum atomic E-state index is -0.393. The van der Waals surface area contributed by atoms with Gasteiger partial charge in [0.05, 0.1) is 0 Å². The first kappa shape index (κ1) is 25.8. The zero-order valence-electron chi connectivity index (χ0n) is 21.0. The van der Waals surface area contributed by atoms with E-state index in [1.54, 1.807) is 0 Å². The Hall–Kier alpha value is -2.26. The van der Waals surface area contributed by atoms with Crippen LogP contribution >= 0.6 is 15.8 Å². The van der Waals surface area contributed by atoms with Gasteiger partial charge < -0.3 is 0 Å². The Morgan fingerprint density at radius 3 is 1.34 bits per heavy atom. The van der Waals surface area contributed by atoms with Crippen LogP contribution in [0.5, 0.6) is 0 Å². The number of hydrogen-bond donors (Lipinski definition) is 0. The van der Waals surface area contributed by atoms with Crippen molar-refractivity contribution in [2.75, 3.05) is 6.16 Å². The van der Waals surface area contributed by atoms with Crippen molar-refractivity contribution < 1.29 is 0 Å². The first-order valence-electron chi connectivity index (χ1n) is 13.1. The maximum Gasteiger partial charge on any atom is -0.0125 e. The fraction of sp³-hybridized carbons (Fsp3) is 0.273. The summed E-state index contributed by atoms with van der Waals surface area (Å²) in [6.07, 6.45) is 9.18. The second-order valence-corrected chi connectivity index (χ2v) is 14.0. The summed E-state index contributed by atoms with van der Waals surface area (Å²) in [7, 11) is -0.751. The predicted molar refractivity (Wildman–Crippen MR) is 160 cm³/mol. The van der Waals surface area contributed by atoms with Crippen LogP contribution in [0.1, 0.15) is 45.4 Å². The fourth-order valence-corrected chi connectivity index (χ4v) is 10.5. The number of rotatable bonds is 13. The highest BCUT2D eigenvalue weighted by Gasteiger charge is 2.26. The molecular formula is C33H38P2. The Morgan fingerprint density at radius 2 is 0.914 bits per heavy atom. The van der Waals surface area contributed by atoms with Gasteiger partial charge in [0.2, 0.25) is 0 Å². The van der Waals surface area contributed by atoms with Gasteiger partial charge in [0.1, 0.15) is 0 Å². The quantitative estimate of drug-likeness (QED) is 0.130. The van der Waals surface area contributed by atoms with Gasteiger partial charge in [-0.1, -0.05) is 154 Å². The van der Waals surface area contributed by atoms with Crippen molar-refractivity contribution in [1.29, 1.82) is 0 Å². The highest BCUT2D eigenvalue weighted by molar-refractivity contribution is 7.74. The van der Waals surface area contributed by atoms with Crippen molar-refractivity contribution in [3.05, 3.63) is 121 Å². The predicted octanol–water partition coefficient (Wildman–Crippen LogP) is 7.98. The van der Waals surface area contributed by atoms with Gasteiger partial charge in [0.25, 0.3) is 0 Å². The van der Waals surface area contributed by atoms with Crippen LogP contribution in [0.4, 0.5) is 0 Å². The van der Waals surface area contributed by atoms with E-state index in [2.05, 4.69) is 128 Å². The van der Waals surface area contributed by atoms with E-state index < -0.39 is 7.92 Å². The van der Waals surface area contributed by atoms with Gasteiger partial charge in [-0.15, -0.1) is 0 Å². The van der Waals surface area contributed by atoms with Crippen LogP contribution in [0.25, 0.3) is 0 Å². The Kier molecular flexibility index (Phi) is 10.6. The number of hydrogen-bond acceptors (Lipinski definition) is 0. The first-order chi connectivity index (χ1) is 17.4. The minimum Gasteiger partial charge on any atom is -0.0654 e. The van der Waals surface area contributed by atoms with Crippen LogP contribution in [0.3, 0.4) is 0 Å². The minimum absolute atomic E-state index is 0.357. The van der Waals surface area contributed by atoms with Crippen molar-refractivity contribution in [2.24, 2.45) is 0 Å². The normalized spacial score (nSPS) is 12.2. The zero-order valence-corrected chi connectivity index (χ0v) is 22.8. The lowest BCUT2D eigenvalue weighted by Crippen LogP contribution is -2.24. The molecule has 0 amide bonds. The molecule has 35 heavy (non-hydrogen) atoms. The van der Waals surface area contributed by atoms with Crippen LogP contribution in [0, 0.1) is 0 Å². The molecule has 0 N–H and O–H groups in total. The second kappa shape index (κ2) is 14.3. The van der Waals surface area contributed by atoms with Crippen LogP contribution in [-0.4, -0.2) is 11.8 Å². The molecule has 1 unspecified atom stereocenters. The van der Waals surface area contributed by atoms with Gasteiger partial charge in [0.15, 0.2) is 0 Å². The van der Waals surface area contributed by atoms with E-state index in [9.17, 15) is 0 Å². The summed E-state index contributed by atoms with van der Waals surface area (Å²) in [4.78, 5) is 0. The van der Waals surface area contributed by atoms with Crippen molar-refractivity contribution in [1.82, 2.24) is 0 Å². The van der Waals surface area contributed by atoms with Gasteiger partial charge >= 0.3 is 0 Å². The summed E-state index contributed by atoms with van der Waals surface area (Å²) < 4.78 is 0. The largest absolute Gasteiger partial charge is 0.0654 e. The summed E-state index contributed by atoms with van der Waals surface area (Å²) in [5.41, 5.74) is 0.698. The summed E-state index contributed by atoms with van der Waals surface area (Å²) in [5.74, 6) is 0. The standard InChI is InChI=1S/C33H38P2/c1-2-3-4-9-26-33(35(31-22-14-7-15-23-31)32-24-16-8-17-25-32)27-28-34(29-18-10-5-11-19-29)30-20-12-6-13-21-30/h5-8,10-25,33H,2-4,9,26-28H2,1H3. The molecule has 4 aromatic carbocycles. The lowest BCUT2D eigenvalue weighted by molar-refractivity contribution is 0.609. The van der Waals surface area contributed by atoms with Crippen molar-refractivity contribution in [3.8, 4) is 0 Å². The third-order valence-corrected chi connectivity index (χ3v) is 12.2. The van der Waals surface area contributed by atoms with E-state index in [1.807, 2.05) is 0 Å². The Morgan fingerprint density at radius 1 is 0.486 bits per heavy atom. The SMILES string of the molecule is CCCCCCC(CCP(c1ccccc1)c1ccccc1)P(c1ccccc1)c1ccccc1. The molecule has 0 aromatic heterocycles. The van der Waals surface area contributed by atoms with Crippen LogP contribution in [0.2, 0.25) is 0 Å². The average Bonchev–Trinajstić information content (AvgIpc) is 2.93. The third kappa shape index (κ3) is 7.61. The van der Waals surface area contributed by atoms with Gasteiger partial charge in [-0.2, -0.15) is 0 Å². The number of unbranched alkanes of at least 4 members (excludes halogenated alkanes) is 3. The summed E-state index contributed by atoms with van der Waals surface area (Å²) in [6.45, 7) is 2.31. The molecule has 0 nitrogen and oxygen atoms in total. The smallest absolute Gasteiger partial charge is 0.0125 e. The molecule has 2 heteroatoms. The highest BCUT2D eigenvalue weighted by Crippen LogP contribution is 2.46. The first-order valence-corrected chi connectivity index (χ1v) is 16.1. The molecule has 0 aliphatic carbocycles. The molecule has 0 fully saturated rings. The van der Waals surface area contributed by atoms with E-state index in [4.69, 9.17) is 0 Å². The van der Waals surface area contributed by atoms with Crippen LogP contribution in [-0.2, 0) is 0 Å². The van der Waals surface area contributed by atoms with Gasteiger partial charge in [0, 0.05) is 0 Å². The van der Waals surface area contributed by atoms with Crippen molar-refractivity contribution >= 4 is 37.1 Å². The Balaban J connectivity index is 1.64. The molecule has 0 saturated carbocycles. The van der Waals surface area contributed by atoms with E-state index in [0.29, 0.717) is 5.66 Å². The lowest BCUT2D eigenvalue weighted by atomic mass is 10.1. The molecule has 0 heterocycles.